The van der Waals surface area contributed by atoms with E-state index in [4.69, 9.17) is 16.3 Å². The Balaban J connectivity index is 1.71. The first-order valence-corrected chi connectivity index (χ1v) is 11.1. The number of hydrogen-bond donors (Lipinski definition) is 1. The zero-order chi connectivity index (χ0) is 23.3. The number of benzene rings is 3. The van der Waals surface area contributed by atoms with Crippen LogP contribution in [0.4, 0.5) is 5.69 Å². The summed E-state index contributed by atoms with van der Waals surface area (Å²) in [6, 6.07) is 18.8. The number of nitrogens with zero attached hydrogens (tertiary/aromatic N) is 1. The number of rotatable bonds is 6. The number of anilines is 1. The molecule has 0 aromatic heterocycles. The van der Waals surface area contributed by atoms with Gasteiger partial charge >= 0.3 is 0 Å². The number of amides is 1. The normalized spacial score (nSPS) is 11.1. The van der Waals surface area contributed by atoms with Crippen molar-refractivity contribution in [1.29, 1.82) is 5.26 Å². The van der Waals surface area contributed by atoms with Gasteiger partial charge in [0.1, 0.15) is 24.0 Å². The molecule has 1 N–H and O–H groups in total. The predicted octanol–water partition coefficient (Wildman–Crippen LogP) is 7.15. The first-order chi connectivity index (χ1) is 15.3. The number of carbonyl (C=O) groups excluding carboxylic acids is 1. The summed E-state index contributed by atoms with van der Waals surface area (Å²) in [5.74, 6) is 0.177. The van der Waals surface area contributed by atoms with Crippen LogP contribution in [0.25, 0.3) is 6.08 Å². The van der Waals surface area contributed by atoms with E-state index in [1.807, 2.05) is 37.3 Å². The van der Waals surface area contributed by atoms with Crippen LogP contribution < -0.4 is 10.1 Å². The van der Waals surface area contributed by atoms with E-state index < -0.39 is 5.91 Å². The van der Waals surface area contributed by atoms with Gasteiger partial charge in [-0.05, 0) is 94.9 Å². The molecule has 3 aromatic carbocycles. The molecule has 0 heterocycles. The minimum absolute atomic E-state index is 0.0163. The Labute approximate surface area is 201 Å². The van der Waals surface area contributed by atoms with E-state index in [0.717, 1.165) is 15.6 Å². The molecule has 0 aliphatic rings. The van der Waals surface area contributed by atoms with Gasteiger partial charge in [0, 0.05) is 10.7 Å². The molecule has 6 heteroatoms. The van der Waals surface area contributed by atoms with Gasteiger partial charge in [-0.3, -0.25) is 4.79 Å². The van der Waals surface area contributed by atoms with Crippen LogP contribution in [-0.4, -0.2) is 5.91 Å². The van der Waals surface area contributed by atoms with Crippen molar-refractivity contribution in [3.05, 3.63) is 97.5 Å². The second kappa shape index (κ2) is 10.5. The summed E-state index contributed by atoms with van der Waals surface area (Å²) in [7, 11) is 0. The van der Waals surface area contributed by atoms with Gasteiger partial charge in [-0.25, -0.2) is 0 Å². The summed E-state index contributed by atoms with van der Waals surface area (Å²) in [5, 5.41) is 12.7. The summed E-state index contributed by atoms with van der Waals surface area (Å²) in [6.45, 7) is 6.47. The lowest BCUT2D eigenvalue weighted by atomic mass is 10.1. The average molecular weight is 510 g/mol. The lowest BCUT2D eigenvalue weighted by Crippen LogP contribution is -2.13. The van der Waals surface area contributed by atoms with E-state index in [0.29, 0.717) is 28.6 Å². The fourth-order valence-electron chi connectivity index (χ4n) is 2.96. The van der Waals surface area contributed by atoms with Crippen molar-refractivity contribution in [2.45, 2.75) is 27.4 Å². The van der Waals surface area contributed by atoms with E-state index >= 15 is 0 Å². The Morgan fingerprint density at radius 3 is 2.47 bits per heavy atom. The zero-order valence-electron chi connectivity index (χ0n) is 18.0. The standard InChI is InChI=1S/C26H22BrClN2O2/c1-16-4-6-20(10-18(16)3)15-32-25-9-7-19(12-23(25)27)11-21(14-29)26(31)30-22-8-5-17(2)24(28)13-22/h4-13H,15H2,1-3H3,(H,30,31)/b21-11+. The summed E-state index contributed by atoms with van der Waals surface area (Å²) in [4.78, 5) is 12.5. The molecule has 3 rings (SSSR count). The van der Waals surface area contributed by atoms with Gasteiger partial charge < -0.3 is 10.1 Å². The van der Waals surface area contributed by atoms with Gasteiger partial charge in [0.2, 0.25) is 0 Å². The third-order valence-corrected chi connectivity index (χ3v) is 6.05. The van der Waals surface area contributed by atoms with Crippen molar-refractivity contribution in [1.82, 2.24) is 0 Å². The summed E-state index contributed by atoms with van der Waals surface area (Å²) < 4.78 is 6.66. The maximum absolute atomic E-state index is 12.5. The number of aryl methyl sites for hydroxylation is 3. The monoisotopic (exact) mass is 508 g/mol. The maximum atomic E-state index is 12.5. The van der Waals surface area contributed by atoms with Crippen LogP contribution in [0.5, 0.6) is 5.75 Å². The van der Waals surface area contributed by atoms with Crippen LogP contribution in [0.1, 0.15) is 27.8 Å². The van der Waals surface area contributed by atoms with Crippen LogP contribution in [0.3, 0.4) is 0 Å². The quantitative estimate of drug-likeness (QED) is 0.283. The van der Waals surface area contributed by atoms with Gasteiger partial charge in [0.15, 0.2) is 0 Å². The van der Waals surface area contributed by atoms with Crippen LogP contribution >= 0.6 is 27.5 Å². The highest BCUT2D eigenvalue weighted by Crippen LogP contribution is 2.28. The van der Waals surface area contributed by atoms with Crippen molar-refractivity contribution in [2.75, 3.05) is 5.32 Å². The van der Waals surface area contributed by atoms with Crippen molar-refractivity contribution in [2.24, 2.45) is 0 Å². The number of halogens is 2. The Kier molecular flexibility index (Phi) is 7.74. The van der Waals surface area contributed by atoms with Crippen molar-refractivity contribution >= 4 is 45.2 Å². The first kappa shape index (κ1) is 23.6. The molecule has 0 saturated heterocycles. The molecule has 0 saturated carbocycles. The second-order valence-corrected chi connectivity index (χ2v) is 8.75. The largest absolute Gasteiger partial charge is 0.488 e. The molecule has 1 amide bonds. The summed E-state index contributed by atoms with van der Waals surface area (Å²) in [5.41, 5.74) is 5.67. The Morgan fingerprint density at radius 2 is 1.81 bits per heavy atom. The number of ether oxygens (including phenoxy) is 1. The van der Waals surface area contributed by atoms with E-state index in [9.17, 15) is 10.1 Å². The number of nitriles is 1. The zero-order valence-corrected chi connectivity index (χ0v) is 20.3. The number of hydrogen-bond acceptors (Lipinski definition) is 3. The summed E-state index contributed by atoms with van der Waals surface area (Å²) >= 11 is 9.62. The van der Waals surface area contributed by atoms with Crippen LogP contribution in [0, 0.1) is 32.1 Å². The number of nitrogens with one attached hydrogen (secondary N) is 1. The molecule has 0 atom stereocenters. The molecule has 0 radical (unpaired) electrons. The topological polar surface area (TPSA) is 62.1 Å². The molecule has 0 unspecified atom stereocenters. The Hall–Kier alpha value is -3.07. The number of carbonyl (C=O) groups is 1. The highest BCUT2D eigenvalue weighted by Gasteiger charge is 2.11. The lowest BCUT2D eigenvalue weighted by Gasteiger charge is -2.10. The molecular formula is C26H22BrClN2O2. The van der Waals surface area contributed by atoms with Gasteiger partial charge in [-0.1, -0.05) is 41.9 Å². The molecule has 0 aliphatic carbocycles. The third kappa shape index (κ3) is 6.00. The molecule has 3 aromatic rings. The first-order valence-electron chi connectivity index (χ1n) is 9.94. The van der Waals surface area contributed by atoms with E-state index in [1.165, 1.54) is 17.2 Å². The Morgan fingerprint density at radius 1 is 1.06 bits per heavy atom. The van der Waals surface area contributed by atoms with Crippen molar-refractivity contribution < 1.29 is 9.53 Å². The highest BCUT2D eigenvalue weighted by atomic mass is 79.9. The second-order valence-electron chi connectivity index (χ2n) is 7.49. The fraction of sp³-hybridized carbons (Fsp3) is 0.154. The molecular weight excluding hydrogens is 488 g/mol. The van der Waals surface area contributed by atoms with Gasteiger partial charge in [-0.15, -0.1) is 0 Å². The van der Waals surface area contributed by atoms with Crippen LogP contribution in [0.15, 0.2) is 64.6 Å². The highest BCUT2D eigenvalue weighted by molar-refractivity contribution is 9.10. The van der Waals surface area contributed by atoms with E-state index in [-0.39, 0.29) is 5.57 Å². The van der Waals surface area contributed by atoms with Gasteiger partial charge in [0.05, 0.1) is 4.47 Å². The van der Waals surface area contributed by atoms with Crippen LogP contribution in [0.2, 0.25) is 5.02 Å². The Bertz CT molecular complexity index is 1250. The SMILES string of the molecule is Cc1ccc(COc2ccc(/C=C(\C#N)C(=O)Nc3ccc(C)c(Cl)c3)cc2Br)cc1C. The lowest BCUT2D eigenvalue weighted by molar-refractivity contribution is -0.112. The maximum Gasteiger partial charge on any atom is 0.266 e. The minimum Gasteiger partial charge on any atom is -0.488 e. The average Bonchev–Trinajstić information content (AvgIpc) is 2.76. The van der Waals surface area contributed by atoms with Crippen molar-refractivity contribution in [3.63, 3.8) is 0 Å². The molecule has 32 heavy (non-hydrogen) atoms. The van der Waals surface area contributed by atoms with Crippen molar-refractivity contribution in [3.8, 4) is 11.8 Å². The smallest absolute Gasteiger partial charge is 0.266 e. The molecule has 162 valence electrons. The van der Waals surface area contributed by atoms with Gasteiger partial charge in [-0.2, -0.15) is 5.26 Å². The van der Waals surface area contributed by atoms with E-state index in [2.05, 4.69) is 47.2 Å². The molecule has 4 nitrogen and oxygen atoms in total. The fourth-order valence-corrected chi connectivity index (χ4v) is 3.65. The minimum atomic E-state index is -0.501. The molecule has 0 fully saturated rings. The van der Waals surface area contributed by atoms with Crippen LogP contribution in [-0.2, 0) is 11.4 Å². The molecule has 0 aliphatic heterocycles. The van der Waals surface area contributed by atoms with E-state index in [1.54, 1.807) is 18.2 Å². The molecule has 0 bridgehead atoms. The van der Waals surface area contributed by atoms with Gasteiger partial charge in [0.25, 0.3) is 5.91 Å². The predicted molar refractivity (Wildman–Crippen MR) is 133 cm³/mol. The summed E-state index contributed by atoms with van der Waals surface area (Å²) in [6.07, 6.45) is 1.53. The molecule has 0 spiro atoms. The third-order valence-electron chi connectivity index (χ3n) is 5.03.